The van der Waals surface area contributed by atoms with Crippen LogP contribution in [0.4, 0.5) is 0 Å². The van der Waals surface area contributed by atoms with Gasteiger partial charge in [0.2, 0.25) is 0 Å². The number of esters is 1. The molecular formula is C13H18O3. The van der Waals surface area contributed by atoms with E-state index in [1.54, 1.807) is 13.8 Å². The molecule has 0 aliphatic carbocycles. The fraction of sp³-hybridized carbons (Fsp3) is 0.462. The number of hydrogen-bond donors (Lipinski definition) is 0. The van der Waals surface area contributed by atoms with E-state index in [1.165, 1.54) is 7.11 Å². The molecule has 88 valence electrons. The molecule has 0 atom stereocenters. The van der Waals surface area contributed by atoms with Crippen LogP contribution in [0.25, 0.3) is 0 Å². The second kappa shape index (κ2) is 4.56. The van der Waals surface area contributed by atoms with Gasteiger partial charge in [0.05, 0.1) is 7.11 Å². The molecule has 0 N–H and O–H groups in total. The van der Waals surface area contributed by atoms with E-state index in [0.29, 0.717) is 5.75 Å². The molecule has 16 heavy (non-hydrogen) atoms. The highest BCUT2D eigenvalue weighted by molar-refractivity contribution is 5.78. The van der Waals surface area contributed by atoms with Crippen LogP contribution < -0.4 is 4.74 Å². The lowest BCUT2D eigenvalue weighted by atomic mass is 10.1. The van der Waals surface area contributed by atoms with Crippen LogP contribution in [-0.2, 0) is 9.53 Å². The Kier molecular flexibility index (Phi) is 3.58. The molecule has 0 aliphatic heterocycles. The highest BCUT2D eigenvalue weighted by Gasteiger charge is 2.31. The maximum atomic E-state index is 11.5. The van der Waals surface area contributed by atoms with Crippen LogP contribution >= 0.6 is 0 Å². The molecular weight excluding hydrogens is 204 g/mol. The highest BCUT2D eigenvalue weighted by Crippen LogP contribution is 2.22. The minimum atomic E-state index is -0.963. The molecule has 0 radical (unpaired) electrons. The topological polar surface area (TPSA) is 35.5 Å². The molecule has 1 aromatic carbocycles. The van der Waals surface area contributed by atoms with Gasteiger partial charge in [-0.1, -0.05) is 6.07 Å². The van der Waals surface area contributed by atoms with Crippen molar-refractivity contribution in [1.29, 1.82) is 0 Å². The van der Waals surface area contributed by atoms with Crippen LogP contribution in [-0.4, -0.2) is 18.7 Å². The van der Waals surface area contributed by atoms with Crippen LogP contribution in [0.2, 0.25) is 0 Å². The summed E-state index contributed by atoms with van der Waals surface area (Å²) in [7, 11) is 1.36. The summed E-state index contributed by atoms with van der Waals surface area (Å²) in [4.78, 5) is 11.5. The molecule has 0 aliphatic rings. The predicted octanol–water partition coefficient (Wildman–Crippen LogP) is 2.63. The first-order chi connectivity index (χ1) is 7.35. The second-order valence-electron chi connectivity index (χ2n) is 4.43. The SMILES string of the molecule is COC(=O)C(C)(C)Oc1cc(C)cc(C)c1. The summed E-state index contributed by atoms with van der Waals surface area (Å²) >= 11 is 0. The Balaban J connectivity index is 2.91. The standard InChI is InChI=1S/C13H18O3/c1-9-6-10(2)8-11(7-9)16-13(3,4)12(14)15-5/h6-8H,1-5H3. The van der Waals surface area contributed by atoms with Gasteiger partial charge >= 0.3 is 5.97 Å². The smallest absolute Gasteiger partial charge is 0.349 e. The normalized spacial score (nSPS) is 11.1. The Morgan fingerprint density at radius 1 is 1.12 bits per heavy atom. The average molecular weight is 222 g/mol. The fourth-order valence-corrected chi connectivity index (χ4v) is 1.57. The summed E-state index contributed by atoms with van der Waals surface area (Å²) in [5.74, 6) is 0.305. The number of ether oxygens (including phenoxy) is 2. The molecule has 0 fully saturated rings. The van der Waals surface area contributed by atoms with Crippen molar-refractivity contribution < 1.29 is 14.3 Å². The van der Waals surface area contributed by atoms with Gasteiger partial charge < -0.3 is 9.47 Å². The van der Waals surface area contributed by atoms with Gasteiger partial charge in [-0.15, -0.1) is 0 Å². The summed E-state index contributed by atoms with van der Waals surface area (Å²) in [5, 5.41) is 0. The molecule has 0 heterocycles. The molecule has 0 aromatic heterocycles. The van der Waals surface area contributed by atoms with Gasteiger partial charge in [-0.05, 0) is 51.0 Å². The van der Waals surface area contributed by atoms with Crippen LogP contribution in [0.3, 0.4) is 0 Å². The van der Waals surface area contributed by atoms with Gasteiger partial charge in [-0.25, -0.2) is 4.79 Å². The molecule has 1 aromatic rings. The number of carbonyl (C=O) groups excluding carboxylic acids is 1. The highest BCUT2D eigenvalue weighted by atomic mass is 16.6. The van der Waals surface area contributed by atoms with Gasteiger partial charge in [0.1, 0.15) is 5.75 Å². The van der Waals surface area contributed by atoms with Crippen molar-refractivity contribution in [2.24, 2.45) is 0 Å². The molecule has 0 unspecified atom stereocenters. The number of aryl methyl sites for hydroxylation is 2. The largest absolute Gasteiger partial charge is 0.476 e. The number of methoxy groups -OCH3 is 1. The van der Waals surface area contributed by atoms with Crippen LogP contribution in [0.1, 0.15) is 25.0 Å². The first kappa shape index (κ1) is 12.6. The lowest BCUT2D eigenvalue weighted by Gasteiger charge is -2.23. The van der Waals surface area contributed by atoms with E-state index in [0.717, 1.165) is 11.1 Å². The van der Waals surface area contributed by atoms with Crippen molar-refractivity contribution in [1.82, 2.24) is 0 Å². The van der Waals surface area contributed by atoms with Gasteiger partial charge in [0.15, 0.2) is 5.60 Å². The van der Waals surface area contributed by atoms with Crippen LogP contribution in [0.5, 0.6) is 5.75 Å². The van der Waals surface area contributed by atoms with Crippen molar-refractivity contribution in [2.45, 2.75) is 33.3 Å². The Bertz CT molecular complexity index is 374. The van der Waals surface area contributed by atoms with Crippen molar-refractivity contribution in [2.75, 3.05) is 7.11 Å². The zero-order valence-electron chi connectivity index (χ0n) is 10.5. The molecule has 0 saturated carbocycles. The summed E-state index contributed by atoms with van der Waals surface area (Å²) in [6, 6.07) is 5.85. The fourth-order valence-electron chi connectivity index (χ4n) is 1.57. The maximum absolute atomic E-state index is 11.5. The van der Waals surface area contributed by atoms with Gasteiger partial charge in [0, 0.05) is 0 Å². The Hall–Kier alpha value is -1.51. The second-order valence-corrected chi connectivity index (χ2v) is 4.43. The Labute approximate surface area is 96.4 Å². The Morgan fingerprint density at radius 3 is 2.06 bits per heavy atom. The predicted molar refractivity (Wildman–Crippen MR) is 62.6 cm³/mol. The van der Waals surface area contributed by atoms with E-state index in [1.807, 2.05) is 26.0 Å². The van der Waals surface area contributed by atoms with Crippen LogP contribution in [0, 0.1) is 13.8 Å². The summed E-state index contributed by atoms with van der Waals surface area (Å²) in [6.07, 6.45) is 0. The number of benzene rings is 1. The van der Waals surface area contributed by atoms with Crippen molar-refractivity contribution in [3.05, 3.63) is 29.3 Å². The van der Waals surface area contributed by atoms with E-state index in [-0.39, 0.29) is 5.97 Å². The number of carbonyl (C=O) groups is 1. The zero-order valence-corrected chi connectivity index (χ0v) is 10.5. The summed E-state index contributed by atoms with van der Waals surface area (Å²) < 4.78 is 10.3. The van der Waals surface area contributed by atoms with Crippen molar-refractivity contribution in [3.63, 3.8) is 0 Å². The number of rotatable bonds is 3. The zero-order chi connectivity index (χ0) is 12.3. The van der Waals surface area contributed by atoms with E-state index >= 15 is 0 Å². The van der Waals surface area contributed by atoms with Crippen molar-refractivity contribution in [3.8, 4) is 5.75 Å². The van der Waals surface area contributed by atoms with E-state index in [2.05, 4.69) is 10.8 Å². The Morgan fingerprint density at radius 2 is 1.62 bits per heavy atom. The third-order valence-electron chi connectivity index (χ3n) is 2.25. The molecule has 0 saturated heterocycles. The minimum absolute atomic E-state index is 0.383. The van der Waals surface area contributed by atoms with Gasteiger partial charge in [-0.3, -0.25) is 0 Å². The van der Waals surface area contributed by atoms with E-state index < -0.39 is 5.60 Å². The number of hydrogen-bond acceptors (Lipinski definition) is 3. The average Bonchev–Trinajstić information content (AvgIpc) is 2.13. The first-order valence-electron chi connectivity index (χ1n) is 5.21. The molecule has 0 spiro atoms. The lowest BCUT2D eigenvalue weighted by Crippen LogP contribution is -2.39. The molecule has 0 amide bonds. The van der Waals surface area contributed by atoms with E-state index in [4.69, 9.17) is 4.74 Å². The molecule has 3 heteroatoms. The van der Waals surface area contributed by atoms with Gasteiger partial charge in [-0.2, -0.15) is 0 Å². The summed E-state index contributed by atoms with van der Waals surface area (Å²) in [5.41, 5.74) is 1.25. The lowest BCUT2D eigenvalue weighted by molar-refractivity contribution is -0.156. The van der Waals surface area contributed by atoms with Crippen LogP contribution in [0.15, 0.2) is 18.2 Å². The van der Waals surface area contributed by atoms with Crippen molar-refractivity contribution >= 4 is 5.97 Å². The molecule has 3 nitrogen and oxygen atoms in total. The minimum Gasteiger partial charge on any atom is -0.476 e. The third kappa shape index (κ3) is 2.99. The molecule has 1 rings (SSSR count). The maximum Gasteiger partial charge on any atom is 0.349 e. The molecule has 0 bridgehead atoms. The van der Waals surface area contributed by atoms with E-state index in [9.17, 15) is 4.79 Å². The van der Waals surface area contributed by atoms with Gasteiger partial charge in [0.25, 0.3) is 0 Å². The monoisotopic (exact) mass is 222 g/mol. The summed E-state index contributed by atoms with van der Waals surface area (Å²) in [6.45, 7) is 7.36. The first-order valence-corrected chi connectivity index (χ1v) is 5.21. The third-order valence-corrected chi connectivity index (χ3v) is 2.25. The quantitative estimate of drug-likeness (QED) is 0.737.